The maximum absolute atomic E-state index is 13.3. The molecule has 1 aliphatic rings. The van der Waals surface area contributed by atoms with Crippen molar-refractivity contribution in [3.8, 4) is 11.3 Å². The highest BCUT2D eigenvalue weighted by Crippen LogP contribution is 2.25. The molecule has 0 radical (unpaired) electrons. The fraction of sp³-hybridized carbons (Fsp3) is 0.286. The van der Waals surface area contributed by atoms with Gasteiger partial charge in [-0.05, 0) is 24.6 Å². The molecule has 1 atom stereocenters. The van der Waals surface area contributed by atoms with Crippen LogP contribution in [0.3, 0.4) is 0 Å². The maximum atomic E-state index is 13.3. The van der Waals surface area contributed by atoms with Crippen LogP contribution in [-0.4, -0.2) is 37.0 Å². The van der Waals surface area contributed by atoms with Crippen molar-refractivity contribution in [2.24, 2.45) is 0 Å². The molecule has 1 N–H and O–H groups in total. The molecule has 0 bridgehead atoms. The Bertz CT molecular complexity index is 863. The average molecular weight is 342 g/mol. The molecule has 6 nitrogen and oxygen atoms in total. The van der Waals surface area contributed by atoms with Crippen molar-refractivity contribution in [1.29, 1.82) is 0 Å². The van der Waals surface area contributed by atoms with E-state index in [1.165, 1.54) is 6.07 Å². The van der Waals surface area contributed by atoms with Crippen LogP contribution >= 0.6 is 0 Å². The monoisotopic (exact) mass is 342 g/mol. The normalized spacial score (nSPS) is 19.7. The minimum atomic E-state index is -3.13. The number of benzene rings is 1. The second-order valence-electron chi connectivity index (χ2n) is 5.27. The zero-order chi connectivity index (χ0) is 16.6. The smallest absolute Gasteiger partial charge is 0.257 e. The first kappa shape index (κ1) is 15.6. The Balaban J connectivity index is 1.83. The molecule has 1 saturated heterocycles. The van der Waals surface area contributed by atoms with Crippen molar-refractivity contribution in [1.82, 2.24) is 10.5 Å². The molecule has 1 unspecified atom stereocenters. The van der Waals surface area contributed by atoms with Crippen LogP contribution in [-0.2, 0) is 9.84 Å². The number of sulfone groups is 1. The molecule has 1 aliphatic heterocycles. The van der Waals surface area contributed by atoms with Crippen molar-refractivity contribution in [2.45, 2.75) is 12.5 Å². The predicted octanol–water partition coefficient (Wildman–Crippen LogP) is 1.54. The highest BCUT2D eigenvalue weighted by molar-refractivity contribution is 7.91. The lowest BCUT2D eigenvalue weighted by molar-refractivity contribution is 0.0941. The van der Waals surface area contributed by atoms with E-state index >= 15 is 0 Å². The van der Waals surface area contributed by atoms with Crippen LogP contribution in [0.5, 0.6) is 0 Å². The summed E-state index contributed by atoms with van der Waals surface area (Å²) in [6.07, 6.45) is 1.48. The summed E-state index contributed by atoms with van der Waals surface area (Å²) in [5.41, 5.74) is 0.186. The van der Waals surface area contributed by atoms with Crippen LogP contribution in [0.25, 0.3) is 11.3 Å². The summed E-state index contributed by atoms with van der Waals surface area (Å²) in [6.45, 7) is 0. The summed E-state index contributed by atoms with van der Waals surface area (Å²) in [5.74, 6) is -2.78. The van der Waals surface area contributed by atoms with Crippen molar-refractivity contribution in [3.63, 3.8) is 0 Å². The van der Waals surface area contributed by atoms with Crippen LogP contribution in [0.15, 0.2) is 28.9 Å². The van der Waals surface area contributed by atoms with Gasteiger partial charge in [0.1, 0.15) is 5.56 Å². The average Bonchev–Trinajstić information content (AvgIpc) is 3.08. The minimum absolute atomic E-state index is 0.0118. The van der Waals surface area contributed by atoms with Gasteiger partial charge in [-0.1, -0.05) is 5.16 Å². The van der Waals surface area contributed by atoms with Crippen molar-refractivity contribution in [2.75, 3.05) is 11.5 Å². The lowest BCUT2D eigenvalue weighted by Gasteiger charge is -2.10. The zero-order valence-corrected chi connectivity index (χ0v) is 12.6. The highest BCUT2D eigenvalue weighted by atomic mass is 32.2. The van der Waals surface area contributed by atoms with Crippen molar-refractivity contribution >= 4 is 15.7 Å². The quantitative estimate of drug-likeness (QED) is 0.914. The maximum Gasteiger partial charge on any atom is 0.257 e. The molecule has 2 aromatic rings. The molecule has 1 aromatic carbocycles. The Morgan fingerprint density at radius 2 is 2.09 bits per heavy atom. The second-order valence-corrected chi connectivity index (χ2v) is 7.50. The molecule has 0 aliphatic carbocycles. The molecule has 1 aromatic heterocycles. The Morgan fingerprint density at radius 1 is 1.30 bits per heavy atom. The van der Waals surface area contributed by atoms with Gasteiger partial charge in [-0.2, -0.15) is 0 Å². The largest absolute Gasteiger partial charge is 0.355 e. The van der Waals surface area contributed by atoms with Gasteiger partial charge >= 0.3 is 0 Å². The molecule has 23 heavy (non-hydrogen) atoms. The molecule has 3 rings (SSSR count). The lowest BCUT2D eigenvalue weighted by atomic mass is 10.1. The van der Waals surface area contributed by atoms with E-state index in [0.717, 1.165) is 18.3 Å². The molecule has 0 spiro atoms. The summed E-state index contributed by atoms with van der Waals surface area (Å²) in [7, 11) is -3.13. The van der Waals surface area contributed by atoms with E-state index in [1.54, 1.807) is 0 Å². The third kappa shape index (κ3) is 3.24. The molecule has 1 amide bonds. The van der Waals surface area contributed by atoms with Gasteiger partial charge in [-0.15, -0.1) is 0 Å². The summed E-state index contributed by atoms with van der Waals surface area (Å²) in [6, 6.07) is 2.58. The molecule has 9 heteroatoms. The number of rotatable bonds is 3. The number of carbonyl (C=O) groups is 1. The molecule has 0 saturated carbocycles. The molecule has 2 heterocycles. The summed E-state index contributed by atoms with van der Waals surface area (Å²) >= 11 is 0. The summed E-state index contributed by atoms with van der Waals surface area (Å²) < 4.78 is 54.1. The highest BCUT2D eigenvalue weighted by Gasteiger charge is 2.30. The van der Waals surface area contributed by atoms with E-state index in [2.05, 4.69) is 10.5 Å². The lowest BCUT2D eigenvalue weighted by Crippen LogP contribution is -2.35. The first-order chi connectivity index (χ1) is 10.9. The number of nitrogens with zero attached hydrogens (tertiary/aromatic N) is 1. The third-order valence-electron chi connectivity index (χ3n) is 3.56. The predicted molar refractivity (Wildman–Crippen MR) is 76.4 cm³/mol. The number of aromatic nitrogens is 1. The van der Waals surface area contributed by atoms with E-state index in [1.807, 2.05) is 0 Å². The zero-order valence-electron chi connectivity index (χ0n) is 11.8. The Hall–Kier alpha value is -2.29. The van der Waals surface area contributed by atoms with Crippen LogP contribution in [0.4, 0.5) is 8.78 Å². The van der Waals surface area contributed by atoms with E-state index in [9.17, 15) is 22.0 Å². The van der Waals surface area contributed by atoms with Crippen LogP contribution < -0.4 is 5.32 Å². The number of halogens is 2. The van der Waals surface area contributed by atoms with Gasteiger partial charge < -0.3 is 9.84 Å². The van der Waals surface area contributed by atoms with E-state index < -0.39 is 33.4 Å². The first-order valence-electron chi connectivity index (χ1n) is 6.77. The van der Waals surface area contributed by atoms with E-state index in [0.29, 0.717) is 6.42 Å². The standard InChI is InChI=1S/C14H12F2N2O4S/c15-11-2-1-8(5-12(11)16)13-10(6-17-22-13)14(19)18-9-3-4-23(20,21)7-9/h1-2,5-6,9H,3-4,7H2,(H,18,19). The number of amides is 1. The van der Waals surface area contributed by atoms with Gasteiger partial charge in [0, 0.05) is 11.6 Å². The Kier molecular flexibility index (Phi) is 3.88. The third-order valence-corrected chi connectivity index (χ3v) is 5.33. The second kappa shape index (κ2) is 5.73. The number of hydrogen-bond acceptors (Lipinski definition) is 5. The topological polar surface area (TPSA) is 89.3 Å². The van der Waals surface area contributed by atoms with Gasteiger partial charge in [0.2, 0.25) is 0 Å². The number of carbonyl (C=O) groups excluding carboxylic acids is 1. The fourth-order valence-corrected chi connectivity index (χ4v) is 4.09. The first-order valence-corrected chi connectivity index (χ1v) is 8.59. The van der Waals surface area contributed by atoms with Crippen molar-refractivity contribution in [3.05, 3.63) is 41.6 Å². The molecule has 1 fully saturated rings. The van der Waals surface area contributed by atoms with Gasteiger partial charge in [0.15, 0.2) is 27.2 Å². The number of nitrogens with one attached hydrogen (secondary N) is 1. The van der Waals surface area contributed by atoms with E-state index in [-0.39, 0.29) is 28.4 Å². The minimum Gasteiger partial charge on any atom is -0.355 e. The Morgan fingerprint density at radius 3 is 2.74 bits per heavy atom. The van der Waals surface area contributed by atoms with Crippen molar-refractivity contribution < 1.29 is 26.5 Å². The summed E-state index contributed by atoms with van der Waals surface area (Å²) in [5, 5.41) is 6.09. The Labute approximate surface area is 130 Å². The molecular formula is C14H12F2N2O4S. The van der Waals surface area contributed by atoms with Crippen LogP contribution in [0, 0.1) is 11.6 Å². The van der Waals surface area contributed by atoms with Crippen LogP contribution in [0.1, 0.15) is 16.8 Å². The molecule has 122 valence electrons. The van der Waals surface area contributed by atoms with Gasteiger partial charge in [-0.3, -0.25) is 4.79 Å². The molecular weight excluding hydrogens is 330 g/mol. The van der Waals surface area contributed by atoms with E-state index in [4.69, 9.17) is 4.52 Å². The number of hydrogen-bond donors (Lipinski definition) is 1. The summed E-state index contributed by atoms with van der Waals surface area (Å²) in [4.78, 5) is 12.2. The fourth-order valence-electron chi connectivity index (χ4n) is 2.42. The SMILES string of the molecule is O=C(NC1CCS(=O)(=O)C1)c1cnoc1-c1ccc(F)c(F)c1. The van der Waals surface area contributed by atoms with Gasteiger partial charge in [-0.25, -0.2) is 17.2 Å². The van der Waals surface area contributed by atoms with Gasteiger partial charge in [0.05, 0.1) is 17.7 Å². The van der Waals surface area contributed by atoms with Gasteiger partial charge in [0.25, 0.3) is 5.91 Å². The van der Waals surface area contributed by atoms with Crippen LogP contribution in [0.2, 0.25) is 0 Å².